The Balaban J connectivity index is 1.52. The molecular formula is C18H25N5O. The zero-order chi connectivity index (χ0) is 16.9. The van der Waals surface area contributed by atoms with Crippen LogP contribution in [0.3, 0.4) is 0 Å². The minimum atomic E-state index is 0.130. The molecule has 0 spiro atoms. The predicted octanol–water partition coefficient (Wildman–Crippen LogP) is 1.41. The molecule has 128 valence electrons. The maximum Gasteiger partial charge on any atom is 0.254 e. The Hall–Kier alpha value is -2.34. The second-order valence-electron chi connectivity index (χ2n) is 6.35. The van der Waals surface area contributed by atoms with Crippen LogP contribution in [0.2, 0.25) is 0 Å². The van der Waals surface area contributed by atoms with Crippen molar-refractivity contribution in [3.63, 3.8) is 0 Å². The summed E-state index contributed by atoms with van der Waals surface area (Å²) in [4.78, 5) is 19.1. The summed E-state index contributed by atoms with van der Waals surface area (Å²) < 4.78 is 1.95. The third-order valence-electron chi connectivity index (χ3n) is 4.47. The fourth-order valence-corrected chi connectivity index (χ4v) is 2.95. The van der Waals surface area contributed by atoms with Crippen LogP contribution in [-0.2, 0) is 6.54 Å². The van der Waals surface area contributed by atoms with Gasteiger partial charge in [-0.2, -0.15) is 5.10 Å². The maximum absolute atomic E-state index is 12.7. The highest BCUT2D eigenvalue weighted by molar-refractivity contribution is 5.95. The molecule has 0 aliphatic carbocycles. The van der Waals surface area contributed by atoms with E-state index in [1.807, 2.05) is 65.1 Å². The van der Waals surface area contributed by atoms with Gasteiger partial charge in [0.15, 0.2) is 0 Å². The molecule has 1 aliphatic heterocycles. The van der Waals surface area contributed by atoms with Gasteiger partial charge in [0.2, 0.25) is 0 Å². The molecule has 0 radical (unpaired) electrons. The standard InChI is InChI=1S/C18H25N5O/c1-20(2)17-6-3-5-16(15-17)18(24)22-12-9-21(10-13-22)11-14-23-8-4-7-19-23/h3-8,15H,9-14H2,1-2H3. The molecule has 1 amide bonds. The van der Waals surface area contributed by atoms with Crippen molar-refractivity contribution in [1.82, 2.24) is 19.6 Å². The molecule has 1 saturated heterocycles. The smallest absolute Gasteiger partial charge is 0.254 e. The van der Waals surface area contributed by atoms with Gasteiger partial charge in [0, 0.05) is 70.5 Å². The SMILES string of the molecule is CN(C)c1cccc(C(=O)N2CCN(CCn3cccn3)CC2)c1. The lowest BCUT2D eigenvalue weighted by Crippen LogP contribution is -2.49. The molecule has 3 rings (SSSR count). The number of aromatic nitrogens is 2. The van der Waals surface area contributed by atoms with Crippen molar-refractivity contribution in [2.45, 2.75) is 6.54 Å². The lowest BCUT2D eigenvalue weighted by molar-refractivity contribution is 0.0632. The van der Waals surface area contributed by atoms with E-state index in [4.69, 9.17) is 0 Å². The molecule has 0 saturated carbocycles. The molecule has 2 heterocycles. The summed E-state index contributed by atoms with van der Waals surface area (Å²) >= 11 is 0. The molecule has 2 aromatic rings. The molecule has 1 aromatic heterocycles. The lowest BCUT2D eigenvalue weighted by atomic mass is 10.1. The van der Waals surface area contributed by atoms with Crippen LogP contribution >= 0.6 is 0 Å². The summed E-state index contributed by atoms with van der Waals surface area (Å²) in [5, 5.41) is 4.23. The first-order valence-corrected chi connectivity index (χ1v) is 8.40. The number of anilines is 1. The fraction of sp³-hybridized carbons (Fsp3) is 0.444. The van der Waals surface area contributed by atoms with Crippen LogP contribution < -0.4 is 4.90 Å². The lowest BCUT2D eigenvalue weighted by Gasteiger charge is -2.34. The summed E-state index contributed by atoms with van der Waals surface area (Å²) in [5.41, 5.74) is 1.82. The fourth-order valence-electron chi connectivity index (χ4n) is 2.95. The van der Waals surface area contributed by atoms with Gasteiger partial charge < -0.3 is 9.80 Å². The quantitative estimate of drug-likeness (QED) is 0.833. The van der Waals surface area contributed by atoms with E-state index in [0.29, 0.717) is 0 Å². The average molecular weight is 327 g/mol. The van der Waals surface area contributed by atoms with E-state index in [9.17, 15) is 4.79 Å². The topological polar surface area (TPSA) is 44.6 Å². The molecule has 24 heavy (non-hydrogen) atoms. The van der Waals surface area contributed by atoms with E-state index in [-0.39, 0.29) is 5.91 Å². The van der Waals surface area contributed by atoms with Crippen molar-refractivity contribution < 1.29 is 4.79 Å². The third kappa shape index (κ3) is 3.94. The van der Waals surface area contributed by atoms with Crippen molar-refractivity contribution in [2.24, 2.45) is 0 Å². The average Bonchev–Trinajstić information content (AvgIpc) is 3.13. The zero-order valence-electron chi connectivity index (χ0n) is 14.4. The molecule has 0 atom stereocenters. The van der Waals surface area contributed by atoms with Crippen LogP contribution in [0.5, 0.6) is 0 Å². The Morgan fingerprint density at radius 1 is 1.12 bits per heavy atom. The monoisotopic (exact) mass is 327 g/mol. The van der Waals surface area contributed by atoms with Crippen LogP contribution in [0.25, 0.3) is 0 Å². The highest BCUT2D eigenvalue weighted by Crippen LogP contribution is 2.16. The van der Waals surface area contributed by atoms with E-state index < -0.39 is 0 Å². The van der Waals surface area contributed by atoms with Crippen LogP contribution in [0.1, 0.15) is 10.4 Å². The van der Waals surface area contributed by atoms with Crippen LogP contribution in [0, 0.1) is 0 Å². The summed E-state index contributed by atoms with van der Waals surface area (Å²) in [6, 6.07) is 9.77. The molecule has 1 aliphatic rings. The number of hydrogen-bond donors (Lipinski definition) is 0. The Bertz CT molecular complexity index is 660. The molecule has 0 bridgehead atoms. The Morgan fingerprint density at radius 3 is 2.58 bits per heavy atom. The normalized spacial score (nSPS) is 15.5. The van der Waals surface area contributed by atoms with E-state index in [1.165, 1.54) is 0 Å². The number of rotatable bonds is 5. The van der Waals surface area contributed by atoms with Gasteiger partial charge in [-0.15, -0.1) is 0 Å². The van der Waals surface area contributed by atoms with E-state index in [0.717, 1.165) is 50.5 Å². The number of hydrogen-bond acceptors (Lipinski definition) is 4. The van der Waals surface area contributed by atoms with Gasteiger partial charge in [-0.25, -0.2) is 0 Å². The van der Waals surface area contributed by atoms with Crippen molar-refractivity contribution in [3.8, 4) is 0 Å². The number of carbonyl (C=O) groups is 1. The molecule has 6 nitrogen and oxygen atoms in total. The molecule has 6 heteroatoms. The van der Waals surface area contributed by atoms with Crippen molar-refractivity contribution in [3.05, 3.63) is 48.3 Å². The number of amides is 1. The predicted molar refractivity (Wildman–Crippen MR) is 95.3 cm³/mol. The Morgan fingerprint density at radius 2 is 1.92 bits per heavy atom. The molecular weight excluding hydrogens is 302 g/mol. The first-order valence-electron chi connectivity index (χ1n) is 8.40. The van der Waals surface area contributed by atoms with E-state index in [1.54, 1.807) is 6.20 Å². The van der Waals surface area contributed by atoms with Gasteiger partial charge in [0.25, 0.3) is 5.91 Å². The van der Waals surface area contributed by atoms with Gasteiger partial charge in [-0.05, 0) is 24.3 Å². The molecule has 0 unspecified atom stereocenters. The highest BCUT2D eigenvalue weighted by atomic mass is 16.2. The number of nitrogens with zero attached hydrogens (tertiary/aromatic N) is 5. The van der Waals surface area contributed by atoms with Crippen molar-refractivity contribution in [2.75, 3.05) is 51.7 Å². The number of benzene rings is 1. The summed E-state index contributed by atoms with van der Waals surface area (Å²) in [6.45, 7) is 5.26. The van der Waals surface area contributed by atoms with E-state index in [2.05, 4.69) is 10.00 Å². The highest BCUT2D eigenvalue weighted by Gasteiger charge is 2.22. The maximum atomic E-state index is 12.7. The summed E-state index contributed by atoms with van der Waals surface area (Å²) in [7, 11) is 3.98. The second kappa shape index (κ2) is 7.49. The molecule has 1 aromatic carbocycles. The third-order valence-corrected chi connectivity index (χ3v) is 4.47. The number of piperazine rings is 1. The minimum absolute atomic E-state index is 0.130. The van der Waals surface area contributed by atoms with Crippen LogP contribution in [0.4, 0.5) is 5.69 Å². The zero-order valence-corrected chi connectivity index (χ0v) is 14.4. The molecule has 0 N–H and O–H groups in total. The van der Waals surface area contributed by atoms with Gasteiger partial charge in [0.05, 0.1) is 6.54 Å². The van der Waals surface area contributed by atoms with Crippen LogP contribution in [0.15, 0.2) is 42.7 Å². The van der Waals surface area contributed by atoms with Gasteiger partial charge in [0.1, 0.15) is 0 Å². The Labute approximate surface area is 143 Å². The Kier molecular flexibility index (Phi) is 5.15. The minimum Gasteiger partial charge on any atom is -0.378 e. The van der Waals surface area contributed by atoms with Crippen LogP contribution in [-0.4, -0.2) is 72.3 Å². The molecule has 1 fully saturated rings. The van der Waals surface area contributed by atoms with Gasteiger partial charge >= 0.3 is 0 Å². The second-order valence-corrected chi connectivity index (χ2v) is 6.35. The van der Waals surface area contributed by atoms with E-state index >= 15 is 0 Å². The van der Waals surface area contributed by atoms with Gasteiger partial charge in [-0.3, -0.25) is 14.4 Å². The number of carbonyl (C=O) groups excluding carboxylic acids is 1. The first-order chi connectivity index (χ1) is 11.6. The van der Waals surface area contributed by atoms with Gasteiger partial charge in [-0.1, -0.05) is 6.07 Å². The summed E-state index contributed by atoms with van der Waals surface area (Å²) in [6.07, 6.45) is 3.79. The largest absolute Gasteiger partial charge is 0.378 e. The van der Waals surface area contributed by atoms with Crippen molar-refractivity contribution in [1.29, 1.82) is 0 Å². The first kappa shape index (κ1) is 16.5. The van der Waals surface area contributed by atoms with Crippen molar-refractivity contribution >= 4 is 11.6 Å². The summed E-state index contributed by atoms with van der Waals surface area (Å²) in [5.74, 6) is 0.130.